The van der Waals surface area contributed by atoms with E-state index in [2.05, 4.69) is 311 Å². The molecule has 0 radical (unpaired) electrons. The molecule has 0 aliphatic carbocycles. The van der Waals surface area contributed by atoms with Gasteiger partial charge < -0.3 is 18.6 Å². The summed E-state index contributed by atoms with van der Waals surface area (Å²) >= 11 is 0. The van der Waals surface area contributed by atoms with Crippen LogP contribution >= 0.6 is 0 Å². The fourth-order valence-electron chi connectivity index (χ4n) is 15.7. The first kappa shape index (κ1) is 52.2. The van der Waals surface area contributed by atoms with Crippen molar-refractivity contribution in [3.05, 3.63) is 284 Å². The minimum atomic E-state index is -0.219. The fourth-order valence-corrected chi connectivity index (χ4v) is 15.7. The molecule has 0 fully saturated rings. The van der Waals surface area contributed by atoms with Gasteiger partial charge in [0.15, 0.2) is 0 Å². The van der Waals surface area contributed by atoms with E-state index in [1.807, 2.05) is 0 Å². The monoisotopic (exact) mass is 1150 g/mol. The molecule has 4 heteroatoms. The molecule has 1 aliphatic heterocycles. The highest BCUT2D eigenvalue weighted by molar-refractivity contribution is 6.36. The van der Waals surface area contributed by atoms with Crippen LogP contribution in [-0.4, -0.2) is 0 Å². The third-order valence-corrected chi connectivity index (χ3v) is 19.4. The maximum absolute atomic E-state index is 7.40. The van der Waals surface area contributed by atoms with Gasteiger partial charge in [0.25, 0.3) is 0 Å². The van der Waals surface area contributed by atoms with Crippen LogP contribution in [0.15, 0.2) is 276 Å². The zero-order chi connectivity index (χ0) is 60.1. The molecule has 17 aromatic rings. The number of furan rings is 2. The van der Waals surface area contributed by atoms with Crippen LogP contribution in [0.3, 0.4) is 0 Å². The number of nitrogens with zero attached hydrogens (tertiary/aromatic N) is 2. The lowest BCUT2D eigenvalue weighted by Gasteiger charge is -2.37. The van der Waals surface area contributed by atoms with Crippen molar-refractivity contribution >= 4 is 137 Å². The number of hydrogen-bond donors (Lipinski definition) is 0. The zero-order valence-corrected chi connectivity index (χ0v) is 50.9. The summed E-state index contributed by atoms with van der Waals surface area (Å²) in [6, 6.07) is 98.5. The average molecular weight is 1160 g/mol. The Morgan fingerprint density at radius 2 is 0.967 bits per heavy atom. The van der Waals surface area contributed by atoms with Crippen molar-refractivity contribution in [3.8, 4) is 33.4 Å². The third kappa shape index (κ3) is 7.67. The summed E-state index contributed by atoms with van der Waals surface area (Å²) in [4.78, 5) is 5.10. The van der Waals surface area contributed by atoms with Crippen LogP contribution in [-0.2, 0) is 12.0 Å². The molecule has 0 saturated carbocycles. The van der Waals surface area contributed by atoms with Crippen LogP contribution in [0.4, 0.5) is 28.4 Å². The Kier molecular flexibility index (Phi) is 11.5. The maximum Gasteiger partial charge on any atom is 0.144 e. The van der Waals surface area contributed by atoms with Crippen LogP contribution in [0.1, 0.15) is 57.2 Å². The topological polar surface area (TPSA) is 32.8 Å². The molecule has 0 saturated heterocycles. The Hall–Kier alpha value is -10.9. The van der Waals surface area contributed by atoms with Crippen molar-refractivity contribution in [1.82, 2.24) is 0 Å². The summed E-state index contributed by atoms with van der Waals surface area (Å²) in [7, 11) is 0. The normalized spacial score (nSPS) is 12.8. The van der Waals surface area contributed by atoms with Gasteiger partial charge in [-0.1, -0.05) is 235 Å². The van der Waals surface area contributed by atoms with Gasteiger partial charge in [0.05, 0.1) is 11.4 Å². The van der Waals surface area contributed by atoms with E-state index in [4.69, 9.17) is 8.83 Å². The molecular formula is C86H62N2O2. The second-order valence-electron chi connectivity index (χ2n) is 25.9. The van der Waals surface area contributed by atoms with Gasteiger partial charge in [0, 0.05) is 83.7 Å². The second-order valence-corrected chi connectivity index (χ2v) is 25.9. The van der Waals surface area contributed by atoms with E-state index in [9.17, 15) is 0 Å². The van der Waals surface area contributed by atoms with Gasteiger partial charge in [-0.15, -0.1) is 0 Å². The van der Waals surface area contributed by atoms with Crippen molar-refractivity contribution in [2.45, 2.75) is 52.5 Å². The maximum atomic E-state index is 7.40. The number of benzene rings is 15. The number of para-hydroxylation sites is 3. The van der Waals surface area contributed by atoms with E-state index >= 15 is 0 Å². The SMILES string of the molecule is CC(C)c1c(N2Cc3cccc(-c4ccccc4)c3-c3ccccc32)c2ccc3oc4cc(N(c5ccccc5)c5c6ccccc6c(-c6c7ccccc7cc7ccccc67)c6ccccc56)ccc4c3c2c2c1cc(C(C)(C)C)c1c3ccccc3oc12. The fraction of sp³-hybridized carbons (Fsp3) is 0.0930. The van der Waals surface area contributed by atoms with Crippen molar-refractivity contribution < 1.29 is 8.83 Å². The smallest absolute Gasteiger partial charge is 0.144 e. The minimum Gasteiger partial charge on any atom is -0.456 e. The van der Waals surface area contributed by atoms with Crippen LogP contribution in [0.25, 0.3) is 142 Å². The Morgan fingerprint density at radius 3 is 1.67 bits per heavy atom. The average Bonchev–Trinajstić information content (AvgIpc) is 1.27. The molecule has 0 amide bonds. The summed E-state index contributed by atoms with van der Waals surface area (Å²) in [6.07, 6.45) is 0. The zero-order valence-electron chi connectivity index (χ0n) is 50.9. The van der Waals surface area contributed by atoms with Crippen LogP contribution < -0.4 is 9.80 Å². The molecule has 0 spiro atoms. The van der Waals surface area contributed by atoms with E-state index in [-0.39, 0.29) is 11.3 Å². The number of anilines is 5. The second kappa shape index (κ2) is 19.8. The first-order valence-electron chi connectivity index (χ1n) is 31.6. The van der Waals surface area contributed by atoms with Gasteiger partial charge in [-0.3, -0.25) is 0 Å². The molecule has 18 rings (SSSR count). The molecule has 4 nitrogen and oxygen atoms in total. The van der Waals surface area contributed by atoms with Crippen LogP contribution in [0.2, 0.25) is 0 Å². The lowest BCUT2D eigenvalue weighted by molar-refractivity contribution is 0.595. The third-order valence-electron chi connectivity index (χ3n) is 19.4. The first-order valence-corrected chi connectivity index (χ1v) is 31.6. The molecule has 15 aromatic carbocycles. The molecule has 0 atom stereocenters. The Balaban J connectivity index is 0.931. The molecule has 1 aliphatic rings. The summed E-state index contributed by atoms with van der Waals surface area (Å²) in [5, 5.41) is 18.7. The molecule has 0 N–H and O–H groups in total. The van der Waals surface area contributed by atoms with Gasteiger partial charge in [0.2, 0.25) is 0 Å². The quantitative estimate of drug-likeness (QED) is 0.118. The Morgan fingerprint density at radius 1 is 0.389 bits per heavy atom. The largest absolute Gasteiger partial charge is 0.456 e. The van der Waals surface area contributed by atoms with E-state index < -0.39 is 0 Å². The van der Waals surface area contributed by atoms with E-state index in [0.29, 0.717) is 6.54 Å². The van der Waals surface area contributed by atoms with E-state index in [1.165, 1.54) is 105 Å². The molecular weight excluding hydrogens is 1090 g/mol. The summed E-state index contributed by atoms with van der Waals surface area (Å²) in [6.45, 7) is 12.5. The lowest BCUT2D eigenvalue weighted by Crippen LogP contribution is -2.24. The molecule has 90 heavy (non-hydrogen) atoms. The van der Waals surface area contributed by atoms with E-state index in [0.717, 1.165) is 82.5 Å². The molecule has 3 heterocycles. The number of hydrogen-bond acceptors (Lipinski definition) is 4. The van der Waals surface area contributed by atoms with Gasteiger partial charge in [-0.05, 0) is 154 Å². The van der Waals surface area contributed by atoms with Crippen molar-refractivity contribution in [1.29, 1.82) is 0 Å². The van der Waals surface area contributed by atoms with Gasteiger partial charge in [-0.25, -0.2) is 0 Å². The van der Waals surface area contributed by atoms with Crippen LogP contribution in [0, 0.1) is 0 Å². The van der Waals surface area contributed by atoms with Gasteiger partial charge >= 0.3 is 0 Å². The molecule has 0 bridgehead atoms. The van der Waals surface area contributed by atoms with Crippen molar-refractivity contribution in [3.63, 3.8) is 0 Å². The van der Waals surface area contributed by atoms with Gasteiger partial charge in [0.1, 0.15) is 22.3 Å². The molecule has 0 unspecified atom stereocenters. The predicted molar refractivity (Wildman–Crippen MR) is 382 cm³/mol. The van der Waals surface area contributed by atoms with Crippen LogP contribution in [0.5, 0.6) is 0 Å². The summed E-state index contributed by atoms with van der Waals surface area (Å²) in [5.74, 6) is 0.127. The first-order chi connectivity index (χ1) is 44.2. The summed E-state index contributed by atoms with van der Waals surface area (Å²) < 4.78 is 14.8. The van der Waals surface area contributed by atoms with Crippen molar-refractivity contribution in [2.24, 2.45) is 0 Å². The van der Waals surface area contributed by atoms with Crippen molar-refractivity contribution in [2.75, 3.05) is 9.80 Å². The summed E-state index contributed by atoms with van der Waals surface area (Å²) in [5.41, 5.74) is 20.1. The number of fused-ring (bicyclic) bond motifs is 18. The highest BCUT2D eigenvalue weighted by atomic mass is 16.3. The van der Waals surface area contributed by atoms with E-state index in [1.54, 1.807) is 0 Å². The Labute approximate surface area is 522 Å². The van der Waals surface area contributed by atoms with Gasteiger partial charge in [-0.2, -0.15) is 0 Å². The Bertz CT molecular complexity index is 5730. The lowest BCUT2D eigenvalue weighted by atomic mass is 9.79. The predicted octanol–water partition coefficient (Wildman–Crippen LogP) is 24.9. The standard InChI is InChI=1S/C86H62N2O2/c1-51(2)75-69-49-70(86(3,4)5)79-66-39-21-23-42-72(66)90-85(79)82(69)81-68(84(75)87-50-55-29-24-40-58(52-25-8-6-9-26-52)76(55)65-38-20-22-41-71(65)87)45-46-73-80(81)67-44-43-57(48-74(67)89-73)88(56-30-10-7-11-31-56)83-63-36-18-16-34-61(63)78(62-35-17-19-37-64(62)83)77-59-32-14-12-27-53(59)47-54-28-13-15-33-60(54)77/h6-49,51H,50H2,1-5H3. The molecule has 2 aromatic heterocycles. The minimum absolute atomic E-state index is 0.127. The highest BCUT2D eigenvalue weighted by Gasteiger charge is 2.34. The highest BCUT2D eigenvalue weighted by Crippen LogP contribution is 2.57. The molecule has 428 valence electrons. The number of rotatable bonds is 7.